The van der Waals surface area contributed by atoms with Gasteiger partial charge in [-0.05, 0) is 37.3 Å². The largest absolute Gasteiger partial charge is 0.367 e. The maximum absolute atomic E-state index is 5.34. The summed E-state index contributed by atoms with van der Waals surface area (Å²) in [6.07, 6.45) is 5.50. The van der Waals surface area contributed by atoms with Crippen LogP contribution in [0.4, 0.5) is 5.82 Å². The average Bonchev–Trinajstić information content (AvgIpc) is 3.08. The highest BCUT2D eigenvalue weighted by Gasteiger charge is 2.21. The normalized spacial score (nSPS) is 21.9. The van der Waals surface area contributed by atoms with Crippen LogP contribution >= 0.6 is 0 Å². The lowest BCUT2D eigenvalue weighted by Crippen LogP contribution is -2.16. The molecular formula is C16H22N4O. The zero-order valence-electron chi connectivity index (χ0n) is 12.8. The Morgan fingerprint density at radius 1 is 1.33 bits per heavy atom. The monoisotopic (exact) mass is 286 g/mol. The van der Waals surface area contributed by atoms with Crippen LogP contribution in [0.3, 0.4) is 0 Å². The Labute approximate surface area is 125 Å². The van der Waals surface area contributed by atoms with E-state index in [1.165, 1.54) is 19.3 Å². The van der Waals surface area contributed by atoms with E-state index in [2.05, 4.69) is 41.2 Å². The Kier molecular flexibility index (Phi) is 3.90. The molecule has 2 heterocycles. The Morgan fingerprint density at radius 2 is 2.19 bits per heavy atom. The number of hydrogen-bond acceptors (Lipinski definition) is 5. The third-order valence-corrected chi connectivity index (χ3v) is 4.01. The van der Waals surface area contributed by atoms with Crippen molar-refractivity contribution in [3.05, 3.63) is 24.2 Å². The van der Waals surface area contributed by atoms with Crippen LogP contribution in [-0.2, 0) is 0 Å². The average molecular weight is 286 g/mol. The van der Waals surface area contributed by atoms with Gasteiger partial charge in [-0.25, -0.2) is 4.98 Å². The maximum atomic E-state index is 5.34. The van der Waals surface area contributed by atoms with Gasteiger partial charge in [-0.1, -0.05) is 25.9 Å². The Morgan fingerprint density at radius 3 is 2.86 bits per heavy atom. The fourth-order valence-corrected chi connectivity index (χ4v) is 2.78. The van der Waals surface area contributed by atoms with Gasteiger partial charge in [-0.2, -0.15) is 4.98 Å². The summed E-state index contributed by atoms with van der Waals surface area (Å²) in [6, 6.07) is 4.41. The van der Waals surface area contributed by atoms with Crippen molar-refractivity contribution in [3.63, 3.8) is 0 Å². The molecule has 2 unspecified atom stereocenters. The number of nitrogens with one attached hydrogen (secondary N) is 1. The van der Waals surface area contributed by atoms with Crippen molar-refractivity contribution in [2.45, 2.75) is 52.0 Å². The van der Waals surface area contributed by atoms with Crippen LogP contribution in [0.5, 0.6) is 0 Å². The van der Waals surface area contributed by atoms with E-state index in [-0.39, 0.29) is 5.92 Å². The lowest BCUT2D eigenvalue weighted by Gasteiger charge is -2.13. The molecule has 1 N–H and O–H groups in total. The van der Waals surface area contributed by atoms with E-state index in [9.17, 15) is 0 Å². The molecule has 1 saturated carbocycles. The number of nitrogens with zero attached hydrogens (tertiary/aromatic N) is 3. The second kappa shape index (κ2) is 5.84. The molecule has 21 heavy (non-hydrogen) atoms. The van der Waals surface area contributed by atoms with Crippen molar-refractivity contribution < 1.29 is 4.52 Å². The second-order valence-corrected chi connectivity index (χ2v) is 6.30. The SMILES string of the molecule is CC1CCC(Nc2cc(-c3nc(C(C)C)no3)ccn2)C1. The molecule has 1 fully saturated rings. The summed E-state index contributed by atoms with van der Waals surface area (Å²) in [7, 11) is 0. The Hall–Kier alpha value is -1.91. The van der Waals surface area contributed by atoms with Crippen molar-refractivity contribution in [3.8, 4) is 11.5 Å². The topological polar surface area (TPSA) is 63.8 Å². The van der Waals surface area contributed by atoms with Gasteiger partial charge in [-0.3, -0.25) is 0 Å². The maximum Gasteiger partial charge on any atom is 0.258 e. The first kappa shape index (κ1) is 14.0. The van der Waals surface area contributed by atoms with Crippen molar-refractivity contribution in [2.24, 2.45) is 5.92 Å². The molecule has 0 saturated heterocycles. The second-order valence-electron chi connectivity index (χ2n) is 6.30. The Bertz CT molecular complexity index is 608. The standard InChI is InChI=1S/C16H22N4O/c1-10(2)15-19-16(21-20-15)12-6-7-17-14(9-12)18-13-5-4-11(3)8-13/h6-7,9-11,13H,4-5,8H2,1-3H3,(H,17,18). The van der Waals surface area contributed by atoms with Crippen molar-refractivity contribution in [1.82, 2.24) is 15.1 Å². The van der Waals surface area contributed by atoms with Crippen molar-refractivity contribution in [2.75, 3.05) is 5.32 Å². The summed E-state index contributed by atoms with van der Waals surface area (Å²) in [4.78, 5) is 8.83. The first-order valence-electron chi connectivity index (χ1n) is 7.68. The molecule has 0 spiro atoms. The molecule has 5 nitrogen and oxygen atoms in total. The summed E-state index contributed by atoms with van der Waals surface area (Å²) in [6.45, 7) is 6.41. The van der Waals surface area contributed by atoms with Gasteiger partial charge in [0, 0.05) is 23.7 Å². The minimum atomic E-state index is 0.266. The van der Waals surface area contributed by atoms with Crippen LogP contribution in [-0.4, -0.2) is 21.2 Å². The zero-order valence-corrected chi connectivity index (χ0v) is 12.8. The van der Waals surface area contributed by atoms with Crippen molar-refractivity contribution in [1.29, 1.82) is 0 Å². The highest BCUT2D eigenvalue weighted by Crippen LogP contribution is 2.28. The molecule has 0 bridgehead atoms. The van der Waals surface area contributed by atoms with Crippen LogP contribution in [0.15, 0.2) is 22.9 Å². The summed E-state index contributed by atoms with van der Waals surface area (Å²) in [5, 5.41) is 7.52. The van der Waals surface area contributed by atoms with Gasteiger partial charge in [0.05, 0.1) is 0 Å². The summed E-state index contributed by atoms with van der Waals surface area (Å²) in [5.41, 5.74) is 0.915. The molecule has 2 atom stereocenters. The molecule has 3 rings (SSSR count). The molecule has 0 amide bonds. The molecule has 2 aromatic heterocycles. The summed E-state index contributed by atoms with van der Waals surface area (Å²) < 4.78 is 5.34. The van der Waals surface area contributed by atoms with E-state index in [1.54, 1.807) is 6.20 Å². The van der Waals surface area contributed by atoms with Gasteiger partial charge in [0.1, 0.15) is 5.82 Å². The van der Waals surface area contributed by atoms with Gasteiger partial charge in [0.25, 0.3) is 5.89 Å². The third kappa shape index (κ3) is 3.23. The summed E-state index contributed by atoms with van der Waals surface area (Å²) >= 11 is 0. The first-order chi connectivity index (χ1) is 10.1. The molecule has 1 aliphatic carbocycles. The van der Waals surface area contributed by atoms with E-state index >= 15 is 0 Å². The van der Waals surface area contributed by atoms with Gasteiger partial charge in [-0.15, -0.1) is 0 Å². The molecule has 0 aromatic carbocycles. The molecular weight excluding hydrogens is 264 g/mol. The number of aromatic nitrogens is 3. The number of rotatable bonds is 4. The van der Waals surface area contributed by atoms with E-state index in [0.29, 0.717) is 11.9 Å². The smallest absolute Gasteiger partial charge is 0.258 e. The molecule has 2 aromatic rings. The molecule has 0 aliphatic heterocycles. The van der Waals surface area contributed by atoms with E-state index in [1.807, 2.05) is 12.1 Å². The summed E-state index contributed by atoms with van der Waals surface area (Å²) in [5.74, 6) is 3.25. The quantitative estimate of drug-likeness (QED) is 0.924. The number of anilines is 1. The number of hydrogen-bond donors (Lipinski definition) is 1. The highest BCUT2D eigenvalue weighted by atomic mass is 16.5. The molecule has 1 aliphatic rings. The Balaban J connectivity index is 1.76. The van der Waals surface area contributed by atoms with Crippen LogP contribution in [0.25, 0.3) is 11.5 Å². The first-order valence-corrected chi connectivity index (χ1v) is 7.68. The van der Waals surface area contributed by atoms with Gasteiger partial charge < -0.3 is 9.84 Å². The van der Waals surface area contributed by atoms with Gasteiger partial charge >= 0.3 is 0 Å². The van der Waals surface area contributed by atoms with E-state index in [4.69, 9.17) is 4.52 Å². The highest BCUT2D eigenvalue weighted by molar-refractivity contribution is 5.58. The zero-order chi connectivity index (χ0) is 14.8. The third-order valence-electron chi connectivity index (χ3n) is 4.01. The van der Waals surface area contributed by atoms with Crippen LogP contribution in [0, 0.1) is 5.92 Å². The van der Waals surface area contributed by atoms with Crippen LogP contribution < -0.4 is 5.32 Å². The minimum Gasteiger partial charge on any atom is -0.367 e. The molecule has 5 heteroatoms. The molecule has 112 valence electrons. The predicted octanol–water partition coefficient (Wildman–Crippen LogP) is 3.86. The predicted molar refractivity (Wildman–Crippen MR) is 82.0 cm³/mol. The van der Waals surface area contributed by atoms with Crippen LogP contribution in [0.1, 0.15) is 51.8 Å². The van der Waals surface area contributed by atoms with Crippen molar-refractivity contribution >= 4 is 5.82 Å². The number of pyridine rings is 1. The molecule has 0 radical (unpaired) electrons. The van der Waals surface area contributed by atoms with Gasteiger partial charge in [0.2, 0.25) is 0 Å². The lowest BCUT2D eigenvalue weighted by atomic mass is 10.1. The van der Waals surface area contributed by atoms with Crippen LogP contribution in [0.2, 0.25) is 0 Å². The lowest BCUT2D eigenvalue weighted by molar-refractivity contribution is 0.419. The fourth-order valence-electron chi connectivity index (χ4n) is 2.78. The fraction of sp³-hybridized carbons (Fsp3) is 0.562. The van der Waals surface area contributed by atoms with Gasteiger partial charge in [0.15, 0.2) is 5.82 Å². The van der Waals surface area contributed by atoms with E-state index < -0.39 is 0 Å². The van der Waals surface area contributed by atoms with E-state index in [0.717, 1.165) is 23.1 Å². The minimum absolute atomic E-state index is 0.266.